The van der Waals surface area contributed by atoms with Gasteiger partial charge in [-0.1, -0.05) is 13.8 Å². The number of rotatable bonds is 5. The molecule has 0 bridgehead atoms. The second-order valence-corrected chi connectivity index (χ2v) is 7.72. The third-order valence-electron chi connectivity index (χ3n) is 5.96. The fraction of sp³-hybridized carbons (Fsp3) is 1.00. The Labute approximate surface area is 131 Å². The summed E-state index contributed by atoms with van der Waals surface area (Å²) in [5, 5.41) is 0. The molecule has 124 valence electrons. The van der Waals surface area contributed by atoms with Crippen molar-refractivity contribution in [3.8, 4) is 0 Å². The first-order valence-corrected chi connectivity index (χ1v) is 8.80. The van der Waals surface area contributed by atoms with Gasteiger partial charge in [-0.25, -0.2) is 0 Å². The van der Waals surface area contributed by atoms with Gasteiger partial charge in [-0.15, -0.1) is 0 Å². The number of likely N-dealkylation sites (N-methyl/N-ethyl adjacent to an activating group) is 1. The van der Waals surface area contributed by atoms with Gasteiger partial charge in [0.2, 0.25) is 0 Å². The van der Waals surface area contributed by atoms with Crippen LogP contribution in [0.15, 0.2) is 0 Å². The van der Waals surface area contributed by atoms with E-state index in [9.17, 15) is 0 Å². The van der Waals surface area contributed by atoms with Crippen LogP contribution in [0.25, 0.3) is 0 Å². The highest BCUT2D eigenvalue weighted by molar-refractivity contribution is 5.00. The van der Waals surface area contributed by atoms with Crippen molar-refractivity contribution in [1.29, 1.82) is 0 Å². The van der Waals surface area contributed by atoms with Crippen LogP contribution in [0.1, 0.15) is 33.1 Å². The first-order chi connectivity index (χ1) is 9.98. The van der Waals surface area contributed by atoms with Crippen molar-refractivity contribution < 1.29 is 0 Å². The molecule has 1 heterocycles. The molecule has 2 rings (SSSR count). The van der Waals surface area contributed by atoms with Crippen molar-refractivity contribution in [3.63, 3.8) is 0 Å². The summed E-state index contributed by atoms with van der Waals surface area (Å²) >= 11 is 0. The maximum Gasteiger partial charge on any atom is 0.0358 e. The van der Waals surface area contributed by atoms with Crippen LogP contribution in [-0.2, 0) is 0 Å². The molecule has 1 aliphatic heterocycles. The van der Waals surface area contributed by atoms with Crippen molar-refractivity contribution in [3.05, 3.63) is 0 Å². The van der Waals surface area contributed by atoms with E-state index in [1.807, 2.05) is 0 Å². The minimum Gasteiger partial charge on any atom is -0.329 e. The predicted octanol–water partition coefficient (Wildman–Crippen LogP) is 1.32. The summed E-state index contributed by atoms with van der Waals surface area (Å²) in [6, 6.07) is 0. The summed E-state index contributed by atoms with van der Waals surface area (Å²) in [6.07, 6.45) is 3.99. The van der Waals surface area contributed by atoms with Gasteiger partial charge in [0.15, 0.2) is 0 Å². The first kappa shape index (κ1) is 17.2. The Hall–Kier alpha value is -0.160. The minimum atomic E-state index is 0.278. The molecule has 3 unspecified atom stereocenters. The van der Waals surface area contributed by atoms with Crippen molar-refractivity contribution in [1.82, 2.24) is 14.7 Å². The Morgan fingerprint density at radius 3 is 2.33 bits per heavy atom. The van der Waals surface area contributed by atoms with E-state index in [0.717, 1.165) is 24.9 Å². The minimum absolute atomic E-state index is 0.278. The summed E-state index contributed by atoms with van der Waals surface area (Å²) in [5.74, 6) is 1.61. The van der Waals surface area contributed by atoms with Gasteiger partial charge in [0.1, 0.15) is 0 Å². The zero-order chi connectivity index (χ0) is 15.5. The van der Waals surface area contributed by atoms with Crippen molar-refractivity contribution in [2.24, 2.45) is 17.6 Å². The zero-order valence-corrected chi connectivity index (χ0v) is 14.6. The molecule has 21 heavy (non-hydrogen) atoms. The van der Waals surface area contributed by atoms with E-state index in [1.54, 1.807) is 0 Å². The van der Waals surface area contributed by atoms with Gasteiger partial charge in [-0.05, 0) is 45.2 Å². The normalized spacial score (nSPS) is 36.3. The van der Waals surface area contributed by atoms with Crippen LogP contribution in [0, 0.1) is 11.8 Å². The van der Waals surface area contributed by atoms with E-state index < -0.39 is 0 Å². The van der Waals surface area contributed by atoms with Crippen molar-refractivity contribution in [2.75, 3.05) is 59.9 Å². The Morgan fingerprint density at radius 1 is 1.14 bits per heavy atom. The van der Waals surface area contributed by atoms with Crippen molar-refractivity contribution in [2.45, 2.75) is 38.6 Å². The van der Waals surface area contributed by atoms with Gasteiger partial charge in [0, 0.05) is 51.4 Å². The Balaban J connectivity index is 1.90. The lowest BCUT2D eigenvalue weighted by molar-refractivity contribution is -0.0293. The number of hydrogen-bond donors (Lipinski definition) is 1. The van der Waals surface area contributed by atoms with Crippen LogP contribution < -0.4 is 5.73 Å². The molecule has 0 aromatic heterocycles. The van der Waals surface area contributed by atoms with Crippen LogP contribution >= 0.6 is 0 Å². The molecule has 2 N–H and O–H groups in total. The molecule has 0 amide bonds. The SMILES string of the molecule is CC1CCC(CN)(N2CCN(CCN(C)C)CC2)C(C)C1. The van der Waals surface area contributed by atoms with Gasteiger partial charge in [0.25, 0.3) is 0 Å². The fourth-order valence-electron chi connectivity index (χ4n) is 4.34. The third kappa shape index (κ3) is 3.98. The maximum atomic E-state index is 6.28. The van der Waals surface area contributed by atoms with E-state index in [-0.39, 0.29) is 5.54 Å². The van der Waals surface area contributed by atoms with Crippen LogP contribution in [0.3, 0.4) is 0 Å². The van der Waals surface area contributed by atoms with Crippen LogP contribution in [-0.4, -0.2) is 80.1 Å². The maximum absolute atomic E-state index is 6.28. The fourth-order valence-corrected chi connectivity index (χ4v) is 4.34. The lowest BCUT2D eigenvalue weighted by Gasteiger charge is -2.53. The van der Waals surface area contributed by atoms with E-state index in [1.165, 1.54) is 52.0 Å². The molecule has 4 heteroatoms. The van der Waals surface area contributed by atoms with Gasteiger partial charge in [0.05, 0.1) is 0 Å². The molecule has 0 radical (unpaired) electrons. The molecule has 3 atom stereocenters. The third-order valence-corrected chi connectivity index (χ3v) is 5.96. The average Bonchev–Trinajstić information content (AvgIpc) is 2.46. The molecule has 2 aliphatic rings. The van der Waals surface area contributed by atoms with Crippen LogP contribution in [0.5, 0.6) is 0 Å². The average molecular weight is 297 g/mol. The first-order valence-electron chi connectivity index (χ1n) is 8.80. The number of nitrogens with two attached hydrogens (primary N) is 1. The standard InChI is InChI=1S/C17H36N4/c1-15-5-6-17(14-18,16(2)13-15)21-11-9-20(10-12-21)8-7-19(3)4/h15-16H,5-14,18H2,1-4H3. The summed E-state index contributed by atoms with van der Waals surface area (Å²) in [6.45, 7) is 12.8. The number of piperazine rings is 1. The topological polar surface area (TPSA) is 35.7 Å². The summed E-state index contributed by atoms with van der Waals surface area (Å²) in [4.78, 5) is 7.62. The highest BCUT2D eigenvalue weighted by Crippen LogP contribution is 2.40. The molecular formula is C17H36N4. The van der Waals surface area contributed by atoms with E-state index in [4.69, 9.17) is 5.73 Å². The second kappa shape index (κ2) is 7.40. The summed E-state index contributed by atoms with van der Waals surface area (Å²) in [5.41, 5.74) is 6.55. The highest BCUT2D eigenvalue weighted by atomic mass is 15.3. The zero-order valence-electron chi connectivity index (χ0n) is 14.6. The second-order valence-electron chi connectivity index (χ2n) is 7.72. The Morgan fingerprint density at radius 2 is 1.81 bits per heavy atom. The molecule has 0 aromatic rings. The Bertz CT molecular complexity index is 312. The molecule has 1 aliphatic carbocycles. The van der Waals surface area contributed by atoms with Gasteiger partial charge in [-0.2, -0.15) is 0 Å². The molecular weight excluding hydrogens is 260 g/mol. The largest absolute Gasteiger partial charge is 0.329 e. The molecule has 0 spiro atoms. The van der Waals surface area contributed by atoms with E-state index in [2.05, 4.69) is 42.6 Å². The predicted molar refractivity (Wildman–Crippen MR) is 90.5 cm³/mol. The molecule has 1 saturated heterocycles. The molecule has 1 saturated carbocycles. The molecule has 4 nitrogen and oxygen atoms in total. The van der Waals surface area contributed by atoms with Gasteiger partial charge in [-0.3, -0.25) is 9.80 Å². The molecule has 2 fully saturated rings. The van der Waals surface area contributed by atoms with E-state index >= 15 is 0 Å². The lowest BCUT2D eigenvalue weighted by atomic mass is 9.68. The summed E-state index contributed by atoms with van der Waals surface area (Å²) < 4.78 is 0. The number of hydrogen-bond acceptors (Lipinski definition) is 4. The quantitative estimate of drug-likeness (QED) is 0.830. The Kier molecular flexibility index (Phi) is 6.06. The van der Waals surface area contributed by atoms with E-state index in [0.29, 0.717) is 0 Å². The van der Waals surface area contributed by atoms with Crippen LogP contribution in [0.4, 0.5) is 0 Å². The number of nitrogens with zero attached hydrogens (tertiary/aromatic N) is 3. The monoisotopic (exact) mass is 296 g/mol. The summed E-state index contributed by atoms with van der Waals surface area (Å²) in [7, 11) is 4.31. The molecule has 0 aromatic carbocycles. The van der Waals surface area contributed by atoms with Crippen LogP contribution in [0.2, 0.25) is 0 Å². The highest BCUT2D eigenvalue weighted by Gasteiger charge is 2.44. The van der Waals surface area contributed by atoms with Gasteiger partial charge < -0.3 is 10.6 Å². The lowest BCUT2D eigenvalue weighted by Crippen LogP contribution is -2.64. The smallest absolute Gasteiger partial charge is 0.0358 e. The van der Waals surface area contributed by atoms with Gasteiger partial charge >= 0.3 is 0 Å². The van der Waals surface area contributed by atoms with Crippen molar-refractivity contribution >= 4 is 0 Å².